The fraction of sp³-hybridized carbons (Fsp3) is 0.700. The summed E-state index contributed by atoms with van der Waals surface area (Å²) in [5.74, 6) is -1.87. The molecule has 1 fully saturated rings. The number of hydrazone groups is 1. The Morgan fingerprint density at radius 3 is 2.38 bits per heavy atom. The van der Waals surface area contributed by atoms with E-state index in [1.54, 1.807) is 0 Å². The molecule has 1 heterocycles. The molecular formula is C10H18N4O2. The number of primary amides is 1. The average molecular weight is 226 g/mol. The van der Waals surface area contributed by atoms with Crippen molar-refractivity contribution in [1.29, 1.82) is 0 Å². The molecule has 0 aromatic rings. The molecule has 16 heavy (non-hydrogen) atoms. The molecule has 0 aliphatic carbocycles. The monoisotopic (exact) mass is 226 g/mol. The molecule has 1 saturated heterocycles. The Morgan fingerprint density at radius 1 is 1.38 bits per heavy atom. The van der Waals surface area contributed by atoms with Crippen LogP contribution < -0.4 is 11.2 Å². The lowest BCUT2D eigenvalue weighted by Crippen LogP contribution is -2.40. The first-order chi connectivity index (χ1) is 7.50. The lowest BCUT2D eigenvalue weighted by Gasteiger charge is -2.30. The number of carbonyl (C=O) groups is 2. The van der Waals surface area contributed by atoms with E-state index in [-0.39, 0.29) is 0 Å². The van der Waals surface area contributed by atoms with Gasteiger partial charge in [0.1, 0.15) is 0 Å². The molecular weight excluding hydrogens is 208 g/mol. The maximum atomic E-state index is 10.9. The Labute approximate surface area is 94.9 Å². The Morgan fingerprint density at radius 2 is 1.94 bits per heavy atom. The molecule has 0 aromatic carbocycles. The number of hydrogen-bond donors (Lipinski definition) is 2. The van der Waals surface area contributed by atoms with Crippen LogP contribution in [0.2, 0.25) is 0 Å². The fourth-order valence-corrected chi connectivity index (χ4v) is 1.60. The van der Waals surface area contributed by atoms with Crippen LogP contribution in [0.4, 0.5) is 0 Å². The van der Waals surface area contributed by atoms with Gasteiger partial charge in [0.05, 0.1) is 0 Å². The summed E-state index contributed by atoms with van der Waals surface area (Å²) in [5.41, 5.74) is 7.85. The summed E-state index contributed by atoms with van der Waals surface area (Å²) in [7, 11) is 0. The first-order valence-electron chi connectivity index (χ1n) is 5.40. The second-order valence-corrected chi connectivity index (χ2v) is 4.11. The molecule has 0 radical (unpaired) electrons. The van der Waals surface area contributed by atoms with Crippen molar-refractivity contribution in [2.24, 2.45) is 10.8 Å². The van der Waals surface area contributed by atoms with Crippen molar-refractivity contribution >= 4 is 17.5 Å². The first-order valence-corrected chi connectivity index (χ1v) is 5.40. The average Bonchev–Trinajstić information content (AvgIpc) is 2.26. The molecule has 0 unspecified atom stereocenters. The number of piperidine rings is 1. The molecule has 0 spiro atoms. The highest BCUT2D eigenvalue weighted by atomic mass is 16.2. The molecule has 2 amide bonds. The first kappa shape index (κ1) is 12.6. The van der Waals surface area contributed by atoms with Crippen LogP contribution in [0, 0.1) is 0 Å². The van der Waals surface area contributed by atoms with E-state index in [0.29, 0.717) is 6.04 Å². The zero-order chi connectivity index (χ0) is 12.1. The fourth-order valence-electron chi connectivity index (χ4n) is 1.60. The highest BCUT2D eigenvalue weighted by Gasteiger charge is 2.17. The van der Waals surface area contributed by atoms with E-state index in [2.05, 4.69) is 29.3 Å². The smallest absolute Gasteiger partial charge is 0.329 e. The van der Waals surface area contributed by atoms with Crippen molar-refractivity contribution in [2.45, 2.75) is 32.7 Å². The number of amides is 2. The minimum absolute atomic E-state index is 0.529. The molecule has 6 nitrogen and oxygen atoms in total. The third-order valence-corrected chi connectivity index (χ3v) is 2.64. The van der Waals surface area contributed by atoms with Gasteiger partial charge in [-0.1, -0.05) is 0 Å². The molecule has 0 atom stereocenters. The van der Waals surface area contributed by atoms with Crippen LogP contribution in [-0.2, 0) is 9.59 Å². The van der Waals surface area contributed by atoms with E-state index >= 15 is 0 Å². The van der Waals surface area contributed by atoms with Crippen LogP contribution >= 0.6 is 0 Å². The molecule has 1 aliphatic rings. The van der Waals surface area contributed by atoms with E-state index in [0.717, 1.165) is 31.6 Å². The molecule has 0 aromatic heterocycles. The number of rotatable bonds is 2. The van der Waals surface area contributed by atoms with Crippen LogP contribution in [0.15, 0.2) is 5.10 Å². The summed E-state index contributed by atoms with van der Waals surface area (Å²) in [5, 5.41) is 3.89. The van der Waals surface area contributed by atoms with Crippen LogP contribution in [0.5, 0.6) is 0 Å². The van der Waals surface area contributed by atoms with Gasteiger partial charge >= 0.3 is 11.8 Å². The highest BCUT2D eigenvalue weighted by Crippen LogP contribution is 2.09. The van der Waals surface area contributed by atoms with Gasteiger partial charge in [0.15, 0.2) is 0 Å². The normalized spacial score (nSPS) is 17.3. The third-order valence-electron chi connectivity index (χ3n) is 2.64. The van der Waals surface area contributed by atoms with Crippen molar-refractivity contribution in [3.8, 4) is 0 Å². The van der Waals surface area contributed by atoms with E-state index in [9.17, 15) is 9.59 Å². The third kappa shape index (κ3) is 3.62. The predicted octanol–water partition coefficient (Wildman–Crippen LogP) is -0.552. The predicted molar refractivity (Wildman–Crippen MR) is 60.7 cm³/mol. The van der Waals surface area contributed by atoms with Gasteiger partial charge in [0.25, 0.3) is 0 Å². The Kier molecular flexibility index (Phi) is 4.42. The van der Waals surface area contributed by atoms with E-state index in [4.69, 9.17) is 5.73 Å². The van der Waals surface area contributed by atoms with Crippen molar-refractivity contribution in [3.63, 3.8) is 0 Å². The summed E-state index contributed by atoms with van der Waals surface area (Å²) in [4.78, 5) is 23.6. The molecule has 1 rings (SSSR count). The highest BCUT2D eigenvalue weighted by molar-refractivity contribution is 6.34. The van der Waals surface area contributed by atoms with Crippen molar-refractivity contribution < 1.29 is 9.59 Å². The maximum Gasteiger partial charge on any atom is 0.329 e. The van der Waals surface area contributed by atoms with Gasteiger partial charge in [0.2, 0.25) is 0 Å². The standard InChI is InChI=1S/C10H18N4O2/c1-7(2)14-5-3-8(4-6-14)12-13-10(16)9(11)15/h7H,3-6H2,1-2H3,(H2,11,15)(H,13,16). The second kappa shape index (κ2) is 5.60. The molecule has 1 aliphatic heterocycles. The molecule has 90 valence electrons. The zero-order valence-electron chi connectivity index (χ0n) is 9.69. The number of likely N-dealkylation sites (tertiary alicyclic amines) is 1. The number of carbonyl (C=O) groups excluding carboxylic acids is 2. The number of nitrogens with two attached hydrogens (primary N) is 1. The van der Waals surface area contributed by atoms with Crippen molar-refractivity contribution in [1.82, 2.24) is 10.3 Å². The Balaban J connectivity index is 2.39. The SMILES string of the molecule is CC(C)N1CCC(=NNC(=O)C(N)=O)CC1. The summed E-state index contributed by atoms with van der Waals surface area (Å²) >= 11 is 0. The number of nitrogens with zero attached hydrogens (tertiary/aromatic N) is 2. The van der Waals surface area contributed by atoms with E-state index < -0.39 is 11.8 Å². The quantitative estimate of drug-likeness (QED) is 0.489. The van der Waals surface area contributed by atoms with Crippen molar-refractivity contribution in [2.75, 3.05) is 13.1 Å². The van der Waals surface area contributed by atoms with Crippen LogP contribution in [0.25, 0.3) is 0 Å². The minimum atomic E-state index is -1.01. The summed E-state index contributed by atoms with van der Waals surface area (Å²) < 4.78 is 0. The number of nitrogens with one attached hydrogen (secondary N) is 1. The van der Waals surface area contributed by atoms with Gasteiger partial charge in [-0.05, 0) is 13.8 Å². The number of hydrogen-bond acceptors (Lipinski definition) is 4. The van der Waals surface area contributed by atoms with Crippen LogP contribution in [-0.4, -0.2) is 41.6 Å². The van der Waals surface area contributed by atoms with Gasteiger partial charge in [-0.2, -0.15) is 5.10 Å². The maximum absolute atomic E-state index is 10.9. The molecule has 0 bridgehead atoms. The minimum Gasteiger partial charge on any atom is -0.361 e. The van der Waals surface area contributed by atoms with Gasteiger partial charge in [-0.3, -0.25) is 9.59 Å². The van der Waals surface area contributed by atoms with Crippen LogP contribution in [0.3, 0.4) is 0 Å². The van der Waals surface area contributed by atoms with Gasteiger partial charge < -0.3 is 10.6 Å². The van der Waals surface area contributed by atoms with Gasteiger partial charge in [0, 0.05) is 37.7 Å². The summed E-state index contributed by atoms with van der Waals surface area (Å²) in [6.45, 7) is 6.17. The molecule has 0 saturated carbocycles. The van der Waals surface area contributed by atoms with Gasteiger partial charge in [-0.15, -0.1) is 0 Å². The van der Waals surface area contributed by atoms with E-state index in [1.165, 1.54) is 0 Å². The lowest BCUT2D eigenvalue weighted by atomic mass is 10.1. The topological polar surface area (TPSA) is 87.8 Å². The Bertz CT molecular complexity index is 302. The van der Waals surface area contributed by atoms with Crippen LogP contribution in [0.1, 0.15) is 26.7 Å². The lowest BCUT2D eigenvalue weighted by molar-refractivity contribution is -0.137. The summed E-state index contributed by atoms with van der Waals surface area (Å²) in [6, 6.07) is 0.529. The molecule has 3 N–H and O–H groups in total. The van der Waals surface area contributed by atoms with Crippen molar-refractivity contribution in [3.05, 3.63) is 0 Å². The zero-order valence-corrected chi connectivity index (χ0v) is 9.69. The largest absolute Gasteiger partial charge is 0.361 e. The Hall–Kier alpha value is -1.43. The van der Waals surface area contributed by atoms with E-state index in [1.807, 2.05) is 0 Å². The van der Waals surface area contributed by atoms with Gasteiger partial charge in [-0.25, -0.2) is 5.43 Å². The summed E-state index contributed by atoms with van der Waals surface area (Å²) in [6.07, 6.45) is 1.63. The molecule has 6 heteroatoms. The second-order valence-electron chi connectivity index (χ2n) is 4.11.